The Balaban J connectivity index is 0.00000192. The molecule has 150 valence electrons. The van der Waals surface area contributed by atoms with E-state index in [0.29, 0.717) is 23.7 Å². The summed E-state index contributed by atoms with van der Waals surface area (Å²) in [6, 6.07) is 3.26. The van der Waals surface area contributed by atoms with E-state index in [9.17, 15) is 19.1 Å². The molecule has 3 unspecified atom stereocenters. The maximum absolute atomic E-state index is 15.0. The van der Waals surface area contributed by atoms with Gasteiger partial charge in [-0.15, -0.1) is 12.4 Å². The molecule has 1 aliphatic heterocycles. The highest BCUT2D eigenvalue weighted by molar-refractivity contribution is 5.93. The predicted molar refractivity (Wildman–Crippen MR) is 107 cm³/mol. The summed E-state index contributed by atoms with van der Waals surface area (Å²) in [4.78, 5) is 26.0. The summed E-state index contributed by atoms with van der Waals surface area (Å²) in [5, 5.41) is 9.47. The van der Waals surface area contributed by atoms with E-state index in [1.54, 1.807) is 6.07 Å². The van der Waals surface area contributed by atoms with Crippen LogP contribution in [0.2, 0.25) is 0 Å². The zero-order chi connectivity index (χ0) is 19.1. The second-order valence-corrected chi connectivity index (χ2v) is 8.65. The Morgan fingerprint density at radius 2 is 2.07 bits per heavy atom. The fourth-order valence-corrected chi connectivity index (χ4v) is 5.06. The van der Waals surface area contributed by atoms with E-state index in [2.05, 4.69) is 6.92 Å². The average Bonchev–Trinajstić information content (AvgIpc) is 3.39. The zero-order valence-corrected chi connectivity index (χ0v) is 16.3. The zero-order valence-electron chi connectivity index (χ0n) is 15.5. The highest BCUT2D eigenvalue weighted by atomic mass is 35.5. The summed E-state index contributed by atoms with van der Waals surface area (Å²) in [6.45, 7) is 3.65. The molecule has 2 aliphatic carbocycles. The monoisotopic (exact) mass is 407 g/mol. The van der Waals surface area contributed by atoms with Crippen molar-refractivity contribution in [1.29, 1.82) is 0 Å². The number of benzene rings is 1. The van der Waals surface area contributed by atoms with Gasteiger partial charge in [0.1, 0.15) is 11.4 Å². The molecule has 0 amide bonds. The Morgan fingerprint density at radius 3 is 2.64 bits per heavy atom. The maximum atomic E-state index is 15.0. The lowest BCUT2D eigenvalue weighted by atomic mass is 9.60. The molecule has 1 aromatic heterocycles. The number of rotatable bonds is 3. The van der Waals surface area contributed by atoms with Crippen LogP contribution in [0.3, 0.4) is 0 Å². The lowest BCUT2D eigenvalue weighted by Gasteiger charge is -2.46. The van der Waals surface area contributed by atoms with Gasteiger partial charge >= 0.3 is 5.97 Å². The Bertz CT molecular complexity index is 1050. The summed E-state index contributed by atoms with van der Waals surface area (Å²) < 4.78 is 16.8. The SMILES string of the molecule is CC12CC(N)C1CN(c1cc3c(cc1F)c(=O)c(C(=O)O)cn3C1CC1)C2.Cl. The molecule has 1 aromatic carbocycles. The molecule has 0 bridgehead atoms. The minimum Gasteiger partial charge on any atom is -0.477 e. The predicted octanol–water partition coefficient (Wildman–Crippen LogP) is 2.77. The van der Waals surface area contributed by atoms with Crippen molar-refractivity contribution in [3.8, 4) is 0 Å². The van der Waals surface area contributed by atoms with Gasteiger partial charge < -0.3 is 20.3 Å². The van der Waals surface area contributed by atoms with Crippen molar-refractivity contribution in [2.24, 2.45) is 17.1 Å². The Labute approximate surface area is 167 Å². The number of nitrogens with two attached hydrogens (primary N) is 1. The van der Waals surface area contributed by atoms with Gasteiger partial charge in [0.15, 0.2) is 0 Å². The van der Waals surface area contributed by atoms with E-state index in [0.717, 1.165) is 25.8 Å². The summed E-state index contributed by atoms with van der Waals surface area (Å²) in [5.74, 6) is -1.41. The number of hydrogen-bond acceptors (Lipinski definition) is 4. The van der Waals surface area contributed by atoms with Crippen LogP contribution in [0.4, 0.5) is 10.1 Å². The molecule has 3 N–H and O–H groups in total. The quantitative estimate of drug-likeness (QED) is 0.816. The van der Waals surface area contributed by atoms with Crippen molar-refractivity contribution in [3.05, 3.63) is 39.9 Å². The number of pyridine rings is 1. The number of hydrogen-bond donors (Lipinski definition) is 2. The fraction of sp³-hybridized carbons (Fsp3) is 0.500. The normalized spacial score (nSPS) is 28.6. The van der Waals surface area contributed by atoms with E-state index in [-0.39, 0.29) is 40.9 Å². The summed E-state index contributed by atoms with van der Waals surface area (Å²) in [7, 11) is 0. The molecule has 8 heteroatoms. The van der Waals surface area contributed by atoms with E-state index < -0.39 is 17.2 Å². The van der Waals surface area contributed by atoms with Crippen molar-refractivity contribution < 1.29 is 14.3 Å². The van der Waals surface area contributed by atoms with Crippen LogP contribution in [0.5, 0.6) is 0 Å². The van der Waals surface area contributed by atoms with Gasteiger partial charge in [-0.2, -0.15) is 0 Å². The summed E-state index contributed by atoms with van der Waals surface area (Å²) >= 11 is 0. The molecular weight excluding hydrogens is 385 g/mol. The van der Waals surface area contributed by atoms with Crippen LogP contribution in [-0.4, -0.2) is 34.8 Å². The molecule has 3 atom stereocenters. The Kier molecular flexibility index (Phi) is 4.25. The molecule has 3 fully saturated rings. The molecule has 28 heavy (non-hydrogen) atoms. The summed E-state index contributed by atoms with van der Waals surface area (Å²) in [5.41, 5.74) is 6.40. The number of halogens is 2. The first-order valence-corrected chi connectivity index (χ1v) is 9.41. The van der Waals surface area contributed by atoms with Crippen LogP contribution in [0.15, 0.2) is 23.1 Å². The maximum Gasteiger partial charge on any atom is 0.341 e. The van der Waals surface area contributed by atoms with E-state index in [1.807, 2.05) is 9.47 Å². The molecule has 2 heterocycles. The standard InChI is InChI=1S/C20H22FN3O3.ClH/c1-20-6-15(22)13(20)8-23(9-20)17-5-16-11(4-14(17)21)18(25)12(19(26)27)7-24(16)10-2-3-10;/h4-5,7,10,13,15H,2-3,6,8-9,22H2,1H3,(H,26,27);1H. The Hall–Kier alpha value is -2.12. The topological polar surface area (TPSA) is 88.6 Å². The van der Waals surface area contributed by atoms with Crippen LogP contribution >= 0.6 is 12.4 Å². The van der Waals surface area contributed by atoms with Gasteiger partial charge in [-0.3, -0.25) is 4.79 Å². The first-order chi connectivity index (χ1) is 12.8. The largest absolute Gasteiger partial charge is 0.477 e. The number of aromatic nitrogens is 1. The van der Waals surface area contributed by atoms with Crippen molar-refractivity contribution in [2.75, 3.05) is 18.0 Å². The highest BCUT2D eigenvalue weighted by Gasteiger charge is 2.54. The number of carbonyl (C=O) groups is 1. The average molecular weight is 408 g/mol. The number of carboxylic acid groups (broad SMARTS) is 1. The number of carboxylic acids is 1. The van der Waals surface area contributed by atoms with Gasteiger partial charge in [-0.1, -0.05) is 6.92 Å². The molecule has 2 aromatic rings. The number of fused-ring (bicyclic) bond motifs is 2. The van der Waals surface area contributed by atoms with Gasteiger partial charge in [0.25, 0.3) is 0 Å². The molecule has 2 saturated carbocycles. The summed E-state index contributed by atoms with van der Waals surface area (Å²) in [6.07, 6.45) is 4.22. The van der Waals surface area contributed by atoms with Crippen LogP contribution < -0.4 is 16.1 Å². The van der Waals surface area contributed by atoms with Crippen LogP contribution in [0.25, 0.3) is 10.9 Å². The second-order valence-electron chi connectivity index (χ2n) is 8.65. The first kappa shape index (κ1) is 19.2. The molecular formula is C20H23ClFN3O3. The third-order valence-corrected chi connectivity index (χ3v) is 6.70. The van der Waals surface area contributed by atoms with Crippen molar-refractivity contribution in [2.45, 2.75) is 38.3 Å². The van der Waals surface area contributed by atoms with Crippen molar-refractivity contribution in [1.82, 2.24) is 4.57 Å². The third kappa shape index (κ3) is 2.63. The third-order valence-electron chi connectivity index (χ3n) is 6.70. The van der Waals surface area contributed by atoms with Crippen LogP contribution in [0, 0.1) is 17.2 Å². The molecule has 0 spiro atoms. The van der Waals surface area contributed by atoms with E-state index >= 15 is 0 Å². The van der Waals surface area contributed by atoms with Gasteiger partial charge in [0.05, 0.1) is 11.2 Å². The van der Waals surface area contributed by atoms with Gasteiger partial charge in [0.2, 0.25) is 5.43 Å². The fourth-order valence-electron chi connectivity index (χ4n) is 5.06. The van der Waals surface area contributed by atoms with Crippen molar-refractivity contribution in [3.63, 3.8) is 0 Å². The van der Waals surface area contributed by atoms with E-state index in [1.165, 1.54) is 12.3 Å². The van der Waals surface area contributed by atoms with Gasteiger partial charge in [0, 0.05) is 36.8 Å². The molecule has 5 rings (SSSR count). The second kappa shape index (κ2) is 6.19. The van der Waals surface area contributed by atoms with Crippen LogP contribution in [0.1, 0.15) is 42.6 Å². The molecule has 0 radical (unpaired) electrons. The lowest BCUT2D eigenvalue weighted by Crippen LogP contribution is -2.53. The minimum absolute atomic E-state index is 0. The van der Waals surface area contributed by atoms with Gasteiger partial charge in [-0.25, -0.2) is 9.18 Å². The first-order valence-electron chi connectivity index (χ1n) is 9.41. The minimum atomic E-state index is -1.28. The van der Waals surface area contributed by atoms with E-state index in [4.69, 9.17) is 5.73 Å². The molecule has 3 aliphatic rings. The molecule has 1 saturated heterocycles. The van der Waals surface area contributed by atoms with Gasteiger partial charge in [-0.05, 0) is 42.7 Å². The smallest absolute Gasteiger partial charge is 0.341 e. The number of nitrogens with zero attached hydrogens (tertiary/aromatic N) is 2. The Morgan fingerprint density at radius 1 is 1.36 bits per heavy atom. The van der Waals surface area contributed by atoms with Crippen LogP contribution in [-0.2, 0) is 0 Å². The highest BCUT2D eigenvalue weighted by Crippen LogP contribution is 2.52. The number of aromatic carboxylic acids is 1. The lowest BCUT2D eigenvalue weighted by molar-refractivity contribution is 0.0694. The number of anilines is 1. The molecule has 6 nitrogen and oxygen atoms in total. The van der Waals surface area contributed by atoms with Crippen molar-refractivity contribution >= 4 is 35.0 Å².